The zero-order valence-electron chi connectivity index (χ0n) is 14.1. The molecule has 1 amide bonds. The largest absolute Gasteiger partial charge is 0.357 e. The number of nitrogens with one attached hydrogen (secondary N) is 1. The Bertz CT molecular complexity index is 493. The lowest BCUT2D eigenvalue weighted by atomic mass is 10.0. The van der Waals surface area contributed by atoms with E-state index in [0.717, 1.165) is 37.4 Å². The van der Waals surface area contributed by atoms with E-state index in [1.54, 1.807) is 0 Å². The van der Waals surface area contributed by atoms with Gasteiger partial charge in [0.2, 0.25) is 5.91 Å². The molecule has 5 nitrogen and oxygen atoms in total. The molecule has 1 aromatic rings. The van der Waals surface area contributed by atoms with Crippen LogP contribution in [0.2, 0.25) is 0 Å². The molecule has 0 spiro atoms. The summed E-state index contributed by atoms with van der Waals surface area (Å²) in [7, 11) is 0. The van der Waals surface area contributed by atoms with Crippen LogP contribution in [0.5, 0.6) is 0 Å². The second kappa shape index (κ2) is 8.11. The summed E-state index contributed by atoms with van der Waals surface area (Å²) in [4.78, 5) is 23.5. The maximum absolute atomic E-state index is 12.1. The van der Waals surface area contributed by atoms with Gasteiger partial charge in [-0.1, -0.05) is 13.8 Å². The Morgan fingerprint density at radius 2 is 1.91 bits per heavy atom. The van der Waals surface area contributed by atoms with Gasteiger partial charge in [0.15, 0.2) is 0 Å². The third-order valence-corrected chi connectivity index (χ3v) is 4.34. The summed E-state index contributed by atoms with van der Waals surface area (Å²) in [6.45, 7) is 8.63. The molecular formula is C17H28N4O. The summed E-state index contributed by atoms with van der Waals surface area (Å²) in [5.41, 5.74) is 0.961. The van der Waals surface area contributed by atoms with E-state index in [1.807, 2.05) is 26.8 Å². The van der Waals surface area contributed by atoms with E-state index < -0.39 is 0 Å². The minimum Gasteiger partial charge on any atom is -0.357 e. The predicted octanol–water partition coefficient (Wildman–Crippen LogP) is 2.83. The first-order valence-electron chi connectivity index (χ1n) is 8.51. The molecule has 1 aliphatic heterocycles. The van der Waals surface area contributed by atoms with Crippen LogP contribution in [0.4, 0.5) is 5.82 Å². The lowest BCUT2D eigenvalue weighted by Crippen LogP contribution is -2.32. The van der Waals surface area contributed by atoms with E-state index >= 15 is 0 Å². The van der Waals surface area contributed by atoms with E-state index in [9.17, 15) is 4.79 Å². The van der Waals surface area contributed by atoms with Crippen LogP contribution in [0.3, 0.4) is 0 Å². The van der Waals surface area contributed by atoms with Gasteiger partial charge in [0.1, 0.15) is 11.6 Å². The number of rotatable bonds is 6. The standard InChI is InChI=1S/C17H28N4O/c1-4-14(5-2)17(22)18-12-15-19-13(3)11-16(20-15)21-9-7-6-8-10-21/h11,14H,4-10,12H2,1-3H3,(H,18,22). The number of carbonyl (C=O) groups is 1. The summed E-state index contributed by atoms with van der Waals surface area (Å²) in [5.74, 6) is 1.90. The van der Waals surface area contributed by atoms with Gasteiger partial charge in [0.25, 0.3) is 0 Å². The molecule has 1 N–H and O–H groups in total. The molecule has 122 valence electrons. The Balaban J connectivity index is 2.01. The molecule has 0 aliphatic carbocycles. The van der Waals surface area contributed by atoms with Crippen molar-refractivity contribution in [1.82, 2.24) is 15.3 Å². The van der Waals surface area contributed by atoms with Crippen LogP contribution in [0.1, 0.15) is 57.5 Å². The fourth-order valence-corrected chi connectivity index (χ4v) is 2.95. The smallest absolute Gasteiger partial charge is 0.223 e. The highest BCUT2D eigenvalue weighted by atomic mass is 16.1. The Morgan fingerprint density at radius 1 is 1.23 bits per heavy atom. The molecule has 0 unspecified atom stereocenters. The maximum Gasteiger partial charge on any atom is 0.223 e. The molecule has 0 atom stereocenters. The van der Waals surface area contributed by atoms with Crippen LogP contribution in [-0.4, -0.2) is 29.0 Å². The summed E-state index contributed by atoms with van der Waals surface area (Å²) in [6.07, 6.45) is 5.50. The fraction of sp³-hybridized carbons (Fsp3) is 0.706. The van der Waals surface area contributed by atoms with E-state index in [2.05, 4.69) is 20.2 Å². The Labute approximate surface area is 133 Å². The topological polar surface area (TPSA) is 58.1 Å². The third kappa shape index (κ3) is 4.42. The Morgan fingerprint density at radius 3 is 2.55 bits per heavy atom. The number of aromatic nitrogens is 2. The molecule has 0 radical (unpaired) electrons. The lowest BCUT2D eigenvalue weighted by molar-refractivity contribution is -0.125. The molecule has 22 heavy (non-hydrogen) atoms. The number of piperidine rings is 1. The minimum atomic E-state index is 0.0892. The molecular weight excluding hydrogens is 276 g/mol. The summed E-state index contributed by atoms with van der Waals surface area (Å²) in [6, 6.07) is 2.04. The molecule has 2 heterocycles. The number of nitrogens with zero attached hydrogens (tertiary/aromatic N) is 3. The van der Waals surface area contributed by atoms with Crippen molar-refractivity contribution in [3.8, 4) is 0 Å². The summed E-state index contributed by atoms with van der Waals surface area (Å²) >= 11 is 0. The molecule has 1 aromatic heterocycles. The quantitative estimate of drug-likeness (QED) is 0.878. The van der Waals surface area contributed by atoms with E-state index in [0.29, 0.717) is 12.4 Å². The van der Waals surface area contributed by atoms with Crippen molar-refractivity contribution >= 4 is 11.7 Å². The van der Waals surface area contributed by atoms with Crippen LogP contribution in [0.15, 0.2) is 6.07 Å². The Kier molecular flexibility index (Phi) is 6.16. The molecule has 0 bridgehead atoms. The van der Waals surface area contributed by atoms with Crippen molar-refractivity contribution in [3.63, 3.8) is 0 Å². The second-order valence-electron chi connectivity index (χ2n) is 6.06. The third-order valence-electron chi connectivity index (χ3n) is 4.34. The maximum atomic E-state index is 12.1. The van der Waals surface area contributed by atoms with Crippen LogP contribution in [0.25, 0.3) is 0 Å². The van der Waals surface area contributed by atoms with Crippen LogP contribution in [-0.2, 0) is 11.3 Å². The highest BCUT2D eigenvalue weighted by Gasteiger charge is 2.16. The van der Waals surface area contributed by atoms with Crippen molar-refractivity contribution in [2.24, 2.45) is 5.92 Å². The minimum absolute atomic E-state index is 0.0892. The SMILES string of the molecule is CCC(CC)C(=O)NCc1nc(C)cc(N2CCCCC2)n1. The van der Waals surface area contributed by atoms with Crippen molar-refractivity contribution in [2.75, 3.05) is 18.0 Å². The average Bonchev–Trinajstić information content (AvgIpc) is 2.54. The number of hydrogen-bond acceptors (Lipinski definition) is 4. The normalized spacial score (nSPS) is 15.2. The molecule has 5 heteroatoms. The Hall–Kier alpha value is -1.65. The van der Waals surface area contributed by atoms with E-state index in [1.165, 1.54) is 19.3 Å². The molecule has 2 rings (SSSR count). The highest BCUT2D eigenvalue weighted by molar-refractivity contribution is 5.78. The average molecular weight is 304 g/mol. The predicted molar refractivity (Wildman–Crippen MR) is 88.8 cm³/mol. The first-order chi connectivity index (χ1) is 10.6. The first kappa shape index (κ1) is 16.7. The lowest BCUT2D eigenvalue weighted by Gasteiger charge is -2.28. The van der Waals surface area contributed by atoms with E-state index in [-0.39, 0.29) is 11.8 Å². The van der Waals surface area contributed by atoms with Gasteiger partial charge in [0.05, 0.1) is 6.54 Å². The molecule has 0 saturated carbocycles. The molecule has 1 saturated heterocycles. The van der Waals surface area contributed by atoms with E-state index in [4.69, 9.17) is 0 Å². The van der Waals surface area contributed by atoms with Gasteiger partial charge < -0.3 is 10.2 Å². The summed E-state index contributed by atoms with van der Waals surface area (Å²) in [5, 5.41) is 2.98. The number of amides is 1. The van der Waals surface area contributed by atoms with Crippen molar-refractivity contribution in [3.05, 3.63) is 17.6 Å². The number of anilines is 1. The summed E-state index contributed by atoms with van der Waals surface area (Å²) < 4.78 is 0. The number of carbonyl (C=O) groups excluding carboxylic acids is 1. The van der Waals surface area contributed by atoms with Crippen LogP contribution >= 0.6 is 0 Å². The monoisotopic (exact) mass is 304 g/mol. The zero-order chi connectivity index (χ0) is 15.9. The van der Waals surface area contributed by atoms with Crippen molar-refractivity contribution < 1.29 is 4.79 Å². The van der Waals surface area contributed by atoms with Gasteiger partial charge >= 0.3 is 0 Å². The van der Waals surface area contributed by atoms with Gasteiger partial charge in [0, 0.05) is 30.8 Å². The van der Waals surface area contributed by atoms with Crippen molar-refractivity contribution in [2.45, 2.75) is 59.4 Å². The van der Waals surface area contributed by atoms with Gasteiger partial charge in [-0.2, -0.15) is 0 Å². The molecule has 1 aliphatic rings. The van der Waals surface area contributed by atoms with Crippen LogP contribution < -0.4 is 10.2 Å². The van der Waals surface area contributed by atoms with Gasteiger partial charge in [-0.05, 0) is 39.0 Å². The van der Waals surface area contributed by atoms with Gasteiger partial charge in [-0.15, -0.1) is 0 Å². The van der Waals surface area contributed by atoms with Gasteiger partial charge in [-0.25, -0.2) is 9.97 Å². The van der Waals surface area contributed by atoms with Crippen molar-refractivity contribution in [1.29, 1.82) is 0 Å². The number of aryl methyl sites for hydroxylation is 1. The molecule has 0 aromatic carbocycles. The van der Waals surface area contributed by atoms with Gasteiger partial charge in [-0.3, -0.25) is 4.79 Å². The number of hydrogen-bond donors (Lipinski definition) is 1. The highest BCUT2D eigenvalue weighted by Crippen LogP contribution is 2.18. The second-order valence-corrected chi connectivity index (χ2v) is 6.06. The zero-order valence-corrected chi connectivity index (χ0v) is 14.1. The fourth-order valence-electron chi connectivity index (χ4n) is 2.95. The van der Waals surface area contributed by atoms with Crippen LogP contribution in [0, 0.1) is 12.8 Å². The molecule has 1 fully saturated rings. The first-order valence-corrected chi connectivity index (χ1v) is 8.51.